The first-order valence-electron chi connectivity index (χ1n) is 12.3. The van der Waals surface area contributed by atoms with Gasteiger partial charge in [-0.1, -0.05) is 42.8 Å². The van der Waals surface area contributed by atoms with Gasteiger partial charge in [0, 0.05) is 44.0 Å². The number of carboxylic acids is 2. The van der Waals surface area contributed by atoms with E-state index in [4.69, 9.17) is 10.2 Å². The molecule has 2 aliphatic rings. The van der Waals surface area contributed by atoms with Crippen molar-refractivity contribution in [3.05, 3.63) is 77.4 Å². The summed E-state index contributed by atoms with van der Waals surface area (Å²) >= 11 is 0. The molecular weight excluding hydrogens is 428 g/mol. The number of fused-ring (bicyclic) bond motifs is 1. The number of aliphatic carboxylic acids is 2. The first-order valence-corrected chi connectivity index (χ1v) is 12.3. The van der Waals surface area contributed by atoms with Gasteiger partial charge in [-0.3, -0.25) is 4.90 Å². The summed E-state index contributed by atoms with van der Waals surface area (Å²) in [6.45, 7) is 5.97. The summed E-state index contributed by atoms with van der Waals surface area (Å²) < 4.78 is 0. The van der Waals surface area contributed by atoms with Crippen molar-refractivity contribution >= 4 is 17.6 Å². The van der Waals surface area contributed by atoms with Gasteiger partial charge in [0.2, 0.25) is 0 Å². The fourth-order valence-corrected chi connectivity index (χ4v) is 4.62. The molecule has 1 aliphatic heterocycles. The van der Waals surface area contributed by atoms with Crippen LogP contribution in [0.25, 0.3) is 0 Å². The van der Waals surface area contributed by atoms with E-state index in [2.05, 4.69) is 58.3 Å². The molecule has 6 nitrogen and oxygen atoms in total. The van der Waals surface area contributed by atoms with Gasteiger partial charge in [0.15, 0.2) is 0 Å². The Bertz CT molecular complexity index is 934. The Morgan fingerprint density at radius 2 is 1.44 bits per heavy atom. The molecule has 0 unspecified atom stereocenters. The number of carbonyl (C=O) groups is 2. The van der Waals surface area contributed by atoms with Gasteiger partial charge in [0.1, 0.15) is 0 Å². The predicted molar refractivity (Wildman–Crippen MR) is 136 cm³/mol. The van der Waals surface area contributed by atoms with Gasteiger partial charge in [-0.15, -0.1) is 0 Å². The maximum Gasteiger partial charge on any atom is 0.328 e. The van der Waals surface area contributed by atoms with Crippen LogP contribution in [-0.4, -0.2) is 59.8 Å². The smallest absolute Gasteiger partial charge is 0.328 e. The third-order valence-corrected chi connectivity index (χ3v) is 6.47. The van der Waals surface area contributed by atoms with Gasteiger partial charge in [0.05, 0.1) is 0 Å². The quantitative estimate of drug-likeness (QED) is 0.466. The maximum absolute atomic E-state index is 9.55. The summed E-state index contributed by atoms with van der Waals surface area (Å²) in [7, 11) is 0. The predicted octanol–water partition coefficient (Wildman–Crippen LogP) is 4.42. The van der Waals surface area contributed by atoms with Crippen LogP contribution in [0.4, 0.5) is 5.69 Å². The lowest BCUT2D eigenvalue weighted by atomic mass is 10.0. The largest absolute Gasteiger partial charge is 0.478 e. The third-order valence-electron chi connectivity index (χ3n) is 6.47. The Balaban J connectivity index is 0.000000350. The van der Waals surface area contributed by atoms with Crippen molar-refractivity contribution in [1.29, 1.82) is 0 Å². The minimum absolute atomic E-state index is 0.558. The number of nitrogens with zero attached hydrogens (tertiary/aromatic N) is 2. The third kappa shape index (κ3) is 8.67. The van der Waals surface area contributed by atoms with E-state index < -0.39 is 11.9 Å². The average Bonchev–Trinajstić information content (AvgIpc) is 3.09. The molecule has 0 amide bonds. The molecule has 1 heterocycles. The lowest BCUT2D eigenvalue weighted by Gasteiger charge is -2.36. The molecule has 1 aliphatic carbocycles. The van der Waals surface area contributed by atoms with E-state index in [9.17, 15) is 9.59 Å². The van der Waals surface area contributed by atoms with Crippen molar-refractivity contribution in [3.63, 3.8) is 0 Å². The van der Waals surface area contributed by atoms with E-state index in [1.807, 2.05) is 0 Å². The van der Waals surface area contributed by atoms with Crippen LogP contribution in [-0.2, 0) is 28.9 Å². The fraction of sp³-hybridized carbons (Fsp3) is 0.429. The van der Waals surface area contributed by atoms with Crippen molar-refractivity contribution in [3.8, 4) is 0 Å². The molecule has 34 heavy (non-hydrogen) atoms. The summed E-state index contributed by atoms with van der Waals surface area (Å²) in [5, 5.41) is 15.6. The summed E-state index contributed by atoms with van der Waals surface area (Å²) in [6.07, 6.45) is 10.3. The Morgan fingerprint density at radius 1 is 0.794 bits per heavy atom. The van der Waals surface area contributed by atoms with Crippen molar-refractivity contribution in [2.45, 2.75) is 44.9 Å². The van der Waals surface area contributed by atoms with Gasteiger partial charge < -0.3 is 15.1 Å². The summed E-state index contributed by atoms with van der Waals surface area (Å²) in [5.41, 5.74) is 6.14. The van der Waals surface area contributed by atoms with Crippen LogP contribution >= 0.6 is 0 Å². The molecule has 0 bridgehead atoms. The summed E-state index contributed by atoms with van der Waals surface area (Å²) in [4.78, 5) is 24.3. The molecule has 6 heteroatoms. The van der Waals surface area contributed by atoms with Crippen LogP contribution in [0.3, 0.4) is 0 Å². The van der Waals surface area contributed by atoms with E-state index in [1.54, 1.807) is 11.1 Å². The van der Waals surface area contributed by atoms with Crippen LogP contribution in [0, 0.1) is 0 Å². The van der Waals surface area contributed by atoms with Crippen LogP contribution in [0.2, 0.25) is 0 Å². The SMILES string of the molecule is O=C(O)/C=C/C(=O)O.c1ccc(CCCN2CCN(c3ccc4c(c3)CCCCC4)CC2)cc1. The molecule has 1 fully saturated rings. The number of piperazine rings is 1. The first-order chi connectivity index (χ1) is 16.5. The lowest BCUT2D eigenvalue weighted by molar-refractivity contribution is -0.134. The van der Waals surface area contributed by atoms with E-state index in [0.29, 0.717) is 12.2 Å². The van der Waals surface area contributed by atoms with Crippen molar-refractivity contribution in [2.75, 3.05) is 37.6 Å². The van der Waals surface area contributed by atoms with Gasteiger partial charge in [-0.05, 0) is 73.9 Å². The van der Waals surface area contributed by atoms with Crippen LogP contribution < -0.4 is 4.90 Å². The normalized spacial score (nSPS) is 16.3. The van der Waals surface area contributed by atoms with Crippen LogP contribution in [0.15, 0.2) is 60.7 Å². The number of benzene rings is 2. The minimum atomic E-state index is -1.26. The van der Waals surface area contributed by atoms with Crippen LogP contribution in [0.1, 0.15) is 42.4 Å². The number of carboxylic acid groups (broad SMARTS) is 2. The molecule has 1 saturated heterocycles. The number of aryl methyl sites for hydroxylation is 3. The van der Waals surface area contributed by atoms with E-state index in [0.717, 1.165) is 0 Å². The molecule has 0 radical (unpaired) electrons. The molecule has 2 aromatic carbocycles. The van der Waals surface area contributed by atoms with Gasteiger partial charge >= 0.3 is 11.9 Å². The number of anilines is 1. The van der Waals surface area contributed by atoms with Gasteiger partial charge in [0.25, 0.3) is 0 Å². The Kier molecular flexibility index (Phi) is 10.2. The molecule has 0 spiro atoms. The van der Waals surface area contributed by atoms with Crippen LogP contribution in [0.5, 0.6) is 0 Å². The zero-order valence-corrected chi connectivity index (χ0v) is 19.9. The fourth-order valence-electron chi connectivity index (χ4n) is 4.62. The highest BCUT2D eigenvalue weighted by Crippen LogP contribution is 2.26. The van der Waals surface area contributed by atoms with Crippen molar-refractivity contribution < 1.29 is 19.8 Å². The summed E-state index contributed by atoms with van der Waals surface area (Å²) in [5.74, 6) is -2.51. The second kappa shape index (κ2) is 13.6. The number of hydrogen-bond acceptors (Lipinski definition) is 4. The molecule has 182 valence electrons. The van der Waals surface area contributed by atoms with Crippen molar-refractivity contribution in [1.82, 2.24) is 4.90 Å². The highest BCUT2D eigenvalue weighted by molar-refractivity contribution is 5.89. The zero-order valence-electron chi connectivity index (χ0n) is 19.9. The minimum Gasteiger partial charge on any atom is -0.478 e. The maximum atomic E-state index is 9.55. The van der Waals surface area contributed by atoms with E-state index in [1.165, 1.54) is 88.9 Å². The van der Waals surface area contributed by atoms with Gasteiger partial charge in [-0.25, -0.2) is 9.59 Å². The number of rotatable bonds is 7. The number of hydrogen-bond donors (Lipinski definition) is 2. The molecule has 0 aromatic heterocycles. The second-order valence-electron chi connectivity index (χ2n) is 8.94. The average molecular weight is 465 g/mol. The molecule has 4 rings (SSSR count). The molecular formula is C28H36N2O4. The molecule has 2 N–H and O–H groups in total. The highest BCUT2D eigenvalue weighted by atomic mass is 16.4. The Labute approximate surface area is 202 Å². The topological polar surface area (TPSA) is 81.1 Å². The molecule has 0 atom stereocenters. The first kappa shape index (κ1) is 25.5. The monoisotopic (exact) mass is 464 g/mol. The van der Waals surface area contributed by atoms with Crippen molar-refractivity contribution in [2.24, 2.45) is 0 Å². The second-order valence-corrected chi connectivity index (χ2v) is 8.94. The molecule has 2 aromatic rings. The summed E-state index contributed by atoms with van der Waals surface area (Å²) in [6, 6.07) is 18.2. The van der Waals surface area contributed by atoms with Gasteiger partial charge in [-0.2, -0.15) is 0 Å². The molecule has 0 saturated carbocycles. The van der Waals surface area contributed by atoms with E-state index >= 15 is 0 Å². The lowest BCUT2D eigenvalue weighted by Crippen LogP contribution is -2.46. The standard InChI is InChI=1S/C24H32N2.C4H4O4/c1-3-8-21(9-4-1)10-7-15-25-16-18-26(19-17-25)24-14-13-22-11-5-2-6-12-23(22)20-24;5-3(6)1-2-4(7)8/h1,3-4,8-9,13-14,20H,2,5-7,10-12,15-19H2;1-2H,(H,5,6)(H,7,8)/b;2-1+. The highest BCUT2D eigenvalue weighted by Gasteiger charge is 2.18. The Hall–Kier alpha value is -3.12. The Morgan fingerprint density at radius 3 is 2.09 bits per heavy atom. The van der Waals surface area contributed by atoms with E-state index in [-0.39, 0.29) is 0 Å². The zero-order chi connectivity index (χ0) is 24.2.